The van der Waals surface area contributed by atoms with Crippen molar-refractivity contribution in [3.05, 3.63) is 29.8 Å². The highest BCUT2D eigenvalue weighted by molar-refractivity contribution is 6.62. The standard InChI is InChI=1S/C10H6F3N3O/c11-10(12,13)6-2-1-3-7(4-6)15-8-5-14-16-9(8)17/h1-5H,(H,15,16,17). The Hall–Kier alpha value is -2.18. The molecule has 0 fully saturated rings. The molecule has 1 aliphatic rings. The highest BCUT2D eigenvalue weighted by Crippen LogP contribution is 2.31. The van der Waals surface area contributed by atoms with E-state index in [-0.39, 0.29) is 11.4 Å². The van der Waals surface area contributed by atoms with Crippen molar-refractivity contribution in [3.63, 3.8) is 0 Å². The average molecular weight is 241 g/mol. The molecule has 0 bridgehead atoms. The monoisotopic (exact) mass is 241 g/mol. The van der Waals surface area contributed by atoms with E-state index in [0.717, 1.165) is 18.3 Å². The Labute approximate surface area is 93.9 Å². The summed E-state index contributed by atoms with van der Waals surface area (Å²) in [7, 11) is 0. The highest BCUT2D eigenvalue weighted by Gasteiger charge is 2.30. The van der Waals surface area contributed by atoms with Gasteiger partial charge in [-0.3, -0.25) is 4.79 Å². The molecule has 17 heavy (non-hydrogen) atoms. The van der Waals surface area contributed by atoms with Crippen molar-refractivity contribution >= 4 is 23.5 Å². The lowest BCUT2D eigenvalue weighted by molar-refractivity contribution is -0.137. The van der Waals surface area contributed by atoms with Crippen LogP contribution in [0.1, 0.15) is 5.56 Å². The highest BCUT2D eigenvalue weighted by atomic mass is 19.4. The molecule has 0 spiro atoms. The van der Waals surface area contributed by atoms with Crippen LogP contribution < -0.4 is 5.43 Å². The molecule has 0 aromatic heterocycles. The summed E-state index contributed by atoms with van der Waals surface area (Å²) in [6.07, 6.45) is -3.27. The molecule has 0 unspecified atom stereocenters. The lowest BCUT2D eigenvalue weighted by Crippen LogP contribution is -2.19. The fourth-order valence-corrected chi connectivity index (χ4v) is 1.24. The van der Waals surface area contributed by atoms with Crippen molar-refractivity contribution in [2.24, 2.45) is 10.1 Å². The first-order valence-electron chi connectivity index (χ1n) is 4.56. The second-order valence-electron chi connectivity index (χ2n) is 3.24. The van der Waals surface area contributed by atoms with Gasteiger partial charge in [0.15, 0.2) is 5.71 Å². The van der Waals surface area contributed by atoms with E-state index in [1.54, 1.807) is 0 Å². The second kappa shape index (κ2) is 4.00. The third-order valence-corrected chi connectivity index (χ3v) is 2.01. The van der Waals surface area contributed by atoms with E-state index >= 15 is 0 Å². The number of benzene rings is 1. The van der Waals surface area contributed by atoms with Gasteiger partial charge in [0.2, 0.25) is 0 Å². The van der Waals surface area contributed by atoms with Gasteiger partial charge in [0.1, 0.15) is 0 Å². The molecule has 1 amide bonds. The minimum absolute atomic E-state index is 0.0238. The summed E-state index contributed by atoms with van der Waals surface area (Å²) in [6, 6.07) is 4.41. The van der Waals surface area contributed by atoms with E-state index in [9.17, 15) is 18.0 Å². The summed E-state index contributed by atoms with van der Waals surface area (Å²) in [5.74, 6) is -0.539. The molecule has 1 aliphatic heterocycles. The topological polar surface area (TPSA) is 53.8 Å². The van der Waals surface area contributed by atoms with Crippen molar-refractivity contribution < 1.29 is 18.0 Å². The Morgan fingerprint density at radius 2 is 2.06 bits per heavy atom. The number of hydrogen-bond acceptors (Lipinski definition) is 3. The molecule has 1 heterocycles. The van der Waals surface area contributed by atoms with E-state index in [0.29, 0.717) is 0 Å². The number of nitrogens with zero attached hydrogens (tertiary/aromatic N) is 2. The van der Waals surface area contributed by atoms with Crippen LogP contribution in [0.15, 0.2) is 34.4 Å². The first-order chi connectivity index (χ1) is 7.97. The number of carbonyl (C=O) groups excluding carboxylic acids is 1. The second-order valence-corrected chi connectivity index (χ2v) is 3.24. The maximum Gasteiger partial charge on any atom is 0.416 e. The molecule has 0 atom stereocenters. The number of amides is 1. The molecule has 4 nitrogen and oxygen atoms in total. The molecule has 1 N–H and O–H groups in total. The zero-order valence-electron chi connectivity index (χ0n) is 8.32. The molecular weight excluding hydrogens is 235 g/mol. The first-order valence-corrected chi connectivity index (χ1v) is 4.56. The smallest absolute Gasteiger partial charge is 0.265 e. The number of carbonyl (C=O) groups is 1. The molecule has 0 aliphatic carbocycles. The lowest BCUT2D eigenvalue weighted by Gasteiger charge is -2.06. The molecule has 0 radical (unpaired) electrons. The van der Waals surface area contributed by atoms with Crippen LogP contribution in [0, 0.1) is 0 Å². The van der Waals surface area contributed by atoms with Crippen molar-refractivity contribution in [1.29, 1.82) is 0 Å². The fraction of sp³-hybridized carbons (Fsp3) is 0.100. The summed E-state index contributed by atoms with van der Waals surface area (Å²) in [4.78, 5) is 14.8. The normalized spacial score (nSPS) is 17.6. The van der Waals surface area contributed by atoms with Gasteiger partial charge in [-0.15, -0.1) is 0 Å². The van der Waals surface area contributed by atoms with E-state index in [2.05, 4.69) is 15.5 Å². The number of hydrazone groups is 1. The van der Waals surface area contributed by atoms with Crippen molar-refractivity contribution in [2.45, 2.75) is 6.18 Å². The van der Waals surface area contributed by atoms with Gasteiger partial charge in [-0.05, 0) is 18.2 Å². The van der Waals surface area contributed by atoms with Gasteiger partial charge in [0.05, 0.1) is 17.5 Å². The van der Waals surface area contributed by atoms with Crippen LogP contribution in [0.4, 0.5) is 18.9 Å². The summed E-state index contributed by atoms with van der Waals surface area (Å²) < 4.78 is 37.2. The van der Waals surface area contributed by atoms with Gasteiger partial charge in [-0.25, -0.2) is 10.4 Å². The number of alkyl halides is 3. The van der Waals surface area contributed by atoms with E-state index in [1.807, 2.05) is 0 Å². The SMILES string of the molecule is O=C1NN=CC1=Nc1cccc(C(F)(F)F)c1. The Balaban J connectivity index is 2.35. The van der Waals surface area contributed by atoms with Crippen LogP contribution in [0.2, 0.25) is 0 Å². The maximum atomic E-state index is 12.4. The van der Waals surface area contributed by atoms with Crippen LogP contribution in [-0.2, 0) is 11.0 Å². The number of hydrogen-bond donors (Lipinski definition) is 1. The van der Waals surface area contributed by atoms with Gasteiger partial charge >= 0.3 is 6.18 Å². The minimum Gasteiger partial charge on any atom is -0.265 e. The van der Waals surface area contributed by atoms with Crippen LogP contribution in [0.25, 0.3) is 0 Å². The summed E-state index contributed by atoms with van der Waals surface area (Å²) in [6.45, 7) is 0. The molecule has 0 saturated heterocycles. The van der Waals surface area contributed by atoms with Gasteiger partial charge in [-0.1, -0.05) is 6.07 Å². The zero-order chi connectivity index (χ0) is 12.5. The van der Waals surface area contributed by atoms with Crippen molar-refractivity contribution in [1.82, 2.24) is 5.43 Å². The third-order valence-electron chi connectivity index (χ3n) is 2.01. The number of aliphatic imine (C=N–C) groups is 1. The Kier molecular flexibility index (Phi) is 2.66. The molecule has 0 saturated carbocycles. The Bertz CT molecular complexity index is 520. The van der Waals surface area contributed by atoms with Gasteiger partial charge in [0, 0.05) is 0 Å². The predicted octanol–water partition coefficient (Wildman–Crippen LogP) is 1.89. The van der Waals surface area contributed by atoms with Crippen LogP contribution in [-0.4, -0.2) is 17.8 Å². The zero-order valence-corrected chi connectivity index (χ0v) is 8.32. The summed E-state index contributed by atoms with van der Waals surface area (Å²) in [5, 5.41) is 3.44. The van der Waals surface area contributed by atoms with E-state index in [1.165, 1.54) is 12.1 Å². The molecule has 1 aromatic carbocycles. The molecule has 1 aromatic rings. The Morgan fingerprint density at radius 1 is 1.29 bits per heavy atom. The third kappa shape index (κ3) is 2.49. The quantitative estimate of drug-likeness (QED) is 0.802. The molecular formula is C10H6F3N3O. The van der Waals surface area contributed by atoms with Crippen LogP contribution in [0.5, 0.6) is 0 Å². The molecule has 88 valence electrons. The van der Waals surface area contributed by atoms with Gasteiger partial charge in [-0.2, -0.15) is 18.3 Å². The summed E-state index contributed by atoms with van der Waals surface area (Å²) >= 11 is 0. The number of nitrogens with one attached hydrogen (secondary N) is 1. The average Bonchev–Trinajstić information content (AvgIpc) is 2.64. The molecule has 7 heteroatoms. The van der Waals surface area contributed by atoms with E-state index < -0.39 is 17.6 Å². The largest absolute Gasteiger partial charge is 0.416 e. The number of halogens is 3. The fourth-order valence-electron chi connectivity index (χ4n) is 1.24. The lowest BCUT2D eigenvalue weighted by atomic mass is 10.2. The van der Waals surface area contributed by atoms with Gasteiger partial charge < -0.3 is 0 Å². The summed E-state index contributed by atoms with van der Waals surface area (Å²) in [5.41, 5.74) is 1.33. The maximum absolute atomic E-state index is 12.4. The van der Waals surface area contributed by atoms with E-state index in [4.69, 9.17) is 0 Å². The number of rotatable bonds is 1. The van der Waals surface area contributed by atoms with Crippen LogP contribution in [0.3, 0.4) is 0 Å². The van der Waals surface area contributed by atoms with Crippen molar-refractivity contribution in [2.75, 3.05) is 0 Å². The predicted molar refractivity (Wildman–Crippen MR) is 55.2 cm³/mol. The Morgan fingerprint density at radius 3 is 2.65 bits per heavy atom. The molecule has 2 rings (SSSR count). The minimum atomic E-state index is -4.43. The first kappa shape index (κ1) is 11.3. The van der Waals surface area contributed by atoms with Crippen molar-refractivity contribution in [3.8, 4) is 0 Å². The van der Waals surface area contributed by atoms with Gasteiger partial charge in [0.25, 0.3) is 5.91 Å². The van der Waals surface area contributed by atoms with Crippen LogP contribution >= 0.6 is 0 Å².